The van der Waals surface area contributed by atoms with Crippen molar-refractivity contribution < 1.29 is 9.18 Å². The molecule has 96 valence electrons. The number of hydrogen-bond acceptors (Lipinski definition) is 3. The number of nitrogens with zero attached hydrogens (tertiary/aromatic N) is 2. The fourth-order valence-corrected chi connectivity index (χ4v) is 2.89. The van der Waals surface area contributed by atoms with Gasteiger partial charge in [0.1, 0.15) is 5.82 Å². The summed E-state index contributed by atoms with van der Waals surface area (Å²) in [6, 6.07) is 5.17. The van der Waals surface area contributed by atoms with Gasteiger partial charge in [-0.15, -0.1) is 0 Å². The molecule has 1 aromatic heterocycles. The highest BCUT2D eigenvalue weighted by atomic mass is 19.1. The van der Waals surface area contributed by atoms with Crippen LogP contribution in [0.2, 0.25) is 0 Å². The molecule has 2 aliphatic heterocycles. The fraction of sp³-hybridized carbons (Fsp3) is 0.538. The number of carbonyl (C=O) groups excluding carboxylic acids is 1. The van der Waals surface area contributed by atoms with Gasteiger partial charge in [0.25, 0.3) is 0 Å². The molecule has 0 spiro atoms. The van der Waals surface area contributed by atoms with Gasteiger partial charge in [0, 0.05) is 25.6 Å². The quantitative estimate of drug-likeness (QED) is 0.764. The van der Waals surface area contributed by atoms with Gasteiger partial charge in [-0.25, -0.2) is 4.98 Å². The Balaban J connectivity index is 1.72. The summed E-state index contributed by atoms with van der Waals surface area (Å²) in [7, 11) is 0. The van der Waals surface area contributed by atoms with E-state index in [4.69, 9.17) is 0 Å². The van der Waals surface area contributed by atoms with E-state index in [1.807, 2.05) is 6.07 Å². The maximum atomic E-state index is 13.1. The number of pyridine rings is 1. The Hall–Kier alpha value is -1.65. The number of aromatic nitrogens is 1. The van der Waals surface area contributed by atoms with Crippen LogP contribution in [0.25, 0.3) is 0 Å². The lowest BCUT2D eigenvalue weighted by Gasteiger charge is -2.41. The number of hydrogen-bond donors (Lipinski definition) is 1. The maximum Gasteiger partial charge on any atom is 0.220 e. The van der Waals surface area contributed by atoms with E-state index in [2.05, 4.69) is 15.2 Å². The van der Waals surface area contributed by atoms with Crippen LogP contribution in [0, 0.1) is 11.9 Å². The predicted octanol–water partition coefficient (Wildman–Crippen LogP) is 1.33. The standard InChI is InChI=1S/C13H16FN3O/c14-11-2-1-3-12(16-11)17-7-6-10-9(8-17)4-5-13(18)15-10/h1-3,9-10H,4-8H2,(H,15,18). The zero-order chi connectivity index (χ0) is 12.5. The summed E-state index contributed by atoms with van der Waals surface area (Å²) in [5, 5.41) is 3.04. The molecule has 1 amide bonds. The number of rotatable bonds is 1. The summed E-state index contributed by atoms with van der Waals surface area (Å²) in [6.45, 7) is 1.67. The number of amides is 1. The van der Waals surface area contributed by atoms with Gasteiger partial charge < -0.3 is 10.2 Å². The molecule has 2 atom stereocenters. The molecular formula is C13H16FN3O. The summed E-state index contributed by atoms with van der Waals surface area (Å²) < 4.78 is 13.1. The van der Waals surface area contributed by atoms with Gasteiger partial charge in [0.15, 0.2) is 0 Å². The summed E-state index contributed by atoms with van der Waals surface area (Å²) in [4.78, 5) is 17.4. The number of fused-ring (bicyclic) bond motifs is 1. The van der Waals surface area contributed by atoms with Gasteiger partial charge in [-0.1, -0.05) is 6.07 Å². The van der Waals surface area contributed by atoms with E-state index in [-0.39, 0.29) is 11.9 Å². The Labute approximate surface area is 105 Å². The summed E-state index contributed by atoms with van der Waals surface area (Å²) in [5.41, 5.74) is 0. The number of carbonyl (C=O) groups is 1. The molecule has 4 nitrogen and oxygen atoms in total. The monoisotopic (exact) mass is 249 g/mol. The molecule has 2 fully saturated rings. The van der Waals surface area contributed by atoms with Crippen molar-refractivity contribution in [1.29, 1.82) is 0 Å². The largest absolute Gasteiger partial charge is 0.356 e. The van der Waals surface area contributed by atoms with Gasteiger partial charge >= 0.3 is 0 Å². The first-order chi connectivity index (χ1) is 8.72. The van der Waals surface area contributed by atoms with Crippen LogP contribution in [0.15, 0.2) is 18.2 Å². The summed E-state index contributed by atoms with van der Waals surface area (Å²) in [6.07, 6.45) is 2.43. The second kappa shape index (κ2) is 4.55. The zero-order valence-electron chi connectivity index (χ0n) is 10.1. The first-order valence-electron chi connectivity index (χ1n) is 6.39. The molecule has 3 heterocycles. The van der Waals surface area contributed by atoms with Crippen LogP contribution in [0.1, 0.15) is 19.3 Å². The molecule has 2 saturated heterocycles. The highest BCUT2D eigenvalue weighted by Crippen LogP contribution is 2.27. The van der Waals surface area contributed by atoms with E-state index < -0.39 is 5.95 Å². The van der Waals surface area contributed by atoms with Gasteiger partial charge in [0.2, 0.25) is 11.9 Å². The average molecular weight is 249 g/mol. The normalized spacial score (nSPS) is 27.6. The summed E-state index contributed by atoms with van der Waals surface area (Å²) >= 11 is 0. The molecule has 2 unspecified atom stereocenters. The van der Waals surface area contributed by atoms with Crippen molar-refractivity contribution in [3.05, 3.63) is 24.1 Å². The molecule has 0 aromatic carbocycles. The number of anilines is 1. The van der Waals surface area contributed by atoms with E-state index in [0.29, 0.717) is 18.2 Å². The van der Waals surface area contributed by atoms with E-state index >= 15 is 0 Å². The van der Waals surface area contributed by atoms with Crippen LogP contribution in [-0.2, 0) is 4.79 Å². The smallest absolute Gasteiger partial charge is 0.220 e. The van der Waals surface area contributed by atoms with Crippen molar-refractivity contribution in [1.82, 2.24) is 10.3 Å². The minimum Gasteiger partial charge on any atom is -0.356 e. The zero-order valence-corrected chi connectivity index (χ0v) is 10.1. The molecule has 5 heteroatoms. The molecular weight excluding hydrogens is 233 g/mol. The lowest BCUT2D eigenvalue weighted by Crippen LogP contribution is -2.54. The maximum absolute atomic E-state index is 13.1. The second-order valence-electron chi connectivity index (χ2n) is 5.03. The first kappa shape index (κ1) is 11.4. The molecule has 2 aliphatic rings. The van der Waals surface area contributed by atoms with Crippen molar-refractivity contribution in [3.63, 3.8) is 0 Å². The third-order valence-corrected chi connectivity index (χ3v) is 3.85. The average Bonchev–Trinajstić information content (AvgIpc) is 2.38. The fourth-order valence-electron chi connectivity index (χ4n) is 2.89. The van der Waals surface area contributed by atoms with Gasteiger partial charge in [-0.05, 0) is 30.9 Å². The van der Waals surface area contributed by atoms with Gasteiger partial charge in [-0.2, -0.15) is 4.39 Å². The van der Waals surface area contributed by atoms with Gasteiger partial charge in [-0.3, -0.25) is 4.79 Å². The van der Waals surface area contributed by atoms with Crippen molar-refractivity contribution >= 4 is 11.7 Å². The van der Waals surface area contributed by atoms with Gasteiger partial charge in [0.05, 0.1) is 0 Å². The molecule has 18 heavy (non-hydrogen) atoms. The molecule has 0 radical (unpaired) electrons. The molecule has 0 aliphatic carbocycles. The lowest BCUT2D eigenvalue weighted by molar-refractivity contribution is -0.124. The SMILES string of the molecule is O=C1CCC2CN(c3cccc(F)n3)CCC2N1. The van der Waals surface area contributed by atoms with Crippen LogP contribution in [0.5, 0.6) is 0 Å². The topological polar surface area (TPSA) is 45.2 Å². The van der Waals surface area contributed by atoms with Crippen LogP contribution < -0.4 is 10.2 Å². The Morgan fingerprint density at radius 3 is 3.11 bits per heavy atom. The lowest BCUT2D eigenvalue weighted by atomic mass is 9.85. The van der Waals surface area contributed by atoms with E-state index in [0.717, 1.165) is 25.9 Å². The van der Waals surface area contributed by atoms with Crippen molar-refractivity contribution in [2.75, 3.05) is 18.0 Å². The molecule has 3 rings (SSSR count). The van der Waals surface area contributed by atoms with E-state index in [1.165, 1.54) is 6.07 Å². The van der Waals surface area contributed by atoms with Crippen molar-refractivity contribution in [2.45, 2.75) is 25.3 Å². The molecule has 1 N–H and O–H groups in total. The van der Waals surface area contributed by atoms with E-state index in [9.17, 15) is 9.18 Å². The minimum absolute atomic E-state index is 0.161. The molecule has 1 aromatic rings. The number of halogens is 1. The Morgan fingerprint density at radius 1 is 1.39 bits per heavy atom. The Morgan fingerprint density at radius 2 is 2.28 bits per heavy atom. The second-order valence-corrected chi connectivity index (χ2v) is 5.03. The van der Waals surface area contributed by atoms with Crippen LogP contribution >= 0.6 is 0 Å². The third-order valence-electron chi connectivity index (χ3n) is 3.85. The first-order valence-corrected chi connectivity index (χ1v) is 6.39. The van der Waals surface area contributed by atoms with Crippen molar-refractivity contribution in [3.8, 4) is 0 Å². The Kier molecular flexibility index (Phi) is 2.89. The van der Waals surface area contributed by atoms with Crippen LogP contribution in [0.3, 0.4) is 0 Å². The van der Waals surface area contributed by atoms with E-state index in [1.54, 1.807) is 6.07 Å². The Bertz CT molecular complexity index is 465. The minimum atomic E-state index is -0.438. The highest BCUT2D eigenvalue weighted by Gasteiger charge is 2.34. The summed E-state index contributed by atoms with van der Waals surface area (Å²) in [5.74, 6) is 0.881. The highest BCUT2D eigenvalue weighted by molar-refractivity contribution is 5.77. The molecule has 0 bridgehead atoms. The van der Waals surface area contributed by atoms with Crippen molar-refractivity contribution in [2.24, 2.45) is 5.92 Å². The van der Waals surface area contributed by atoms with Crippen LogP contribution in [-0.4, -0.2) is 30.0 Å². The number of nitrogens with one attached hydrogen (secondary N) is 1. The number of piperidine rings is 2. The predicted molar refractivity (Wildman–Crippen MR) is 65.7 cm³/mol. The van der Waals surface area contributed by atoms with Crippen LogP contribution in [0.4, 0.5) is 10.2 Å². The molecule has 0 saturated carbocycles. The third kappa shape index (κ3) is 2.17.